The highest BCUT2D eigenvalue weighted by molar-refractivity contribution is 5.97. The number of carbonyl (C=O) groups is 1. The van der Waals surface area contributed by atoms with Crippen molar-refractivity contribution >= 4 is 22.8 Å². The monoisotopic (exact) mass is 466 g/mol. The lowest BCUT2D eigenvalue weighted by Gasteiger charge is -2.51. The molecule has 2 fully saturated rings. The average Bonchev–Trinajstić information content (AvgIpc) is 3.07. The van der Waals surface area contributed by atoms with E-state index < -0.39 is 22.9 Å². The second-order valence-corrected chi connectivity index (χ2v) is 9.80. The van der Waals surface area contributed by atoms with Crippen molar-refractivity contribution in [1.82, 2.24) is 24.0 Å². The molecule has 0 unspecified atom stereocenters. The maximum atomic E-state index is 13.2. The number of rotatable bonds is 2. The van der Waals surface area contributed by atoms with Crippen molar-refractivity contribution in [3.8, 4) is 0 Å². The van der Waals surface area contributed by atoms with Crippen molar-refractivity contribution in [2.24, 2.45) is 7.05 Å². The number of hydrogen-bond donors (Lipinski definition) is 2. The summed E-state index contributed by atoms with van der Waals surface area (Å²) in [6.07, 6.45) is 3.14. The summed E-state index contributed by atoms with van der Waals surface area (Å²) in [7, 11) is 1.96. The van der Waals surface area contributed by atoms with Gasteiger partial charge in [-0.3, -0.25) is 9.36 Å². The molecule has 5 rings (SSSR count). The minimum Gasteiger partial charge on any atom is -0.388 e. The van der Waals surface area contributed by atoms with Gasteiger partial charge in [0.1, 0.15) is 11.6 Å². The number of piperidine rings is 1. The van der Waals surface area contributed by atoms with Crippen molar-refractivity contribution in [2.75, 3.05) is 25.4 Å². The highest BCUT2D eigenvalue weighted by Gasteiger charge is 2.50. The second-order valence-electron chi connectivity index (χ2n) is 9.80. The van der Waals surface area contributed by atoms with Crippen molar-refractivity contribution in [2.45, 2.75) is 50.4 Å². The number of aryl methyl sites for hydroxylation is 2. The van der Waals surface area contributed by atoms with Gasteiger partial charge in [0.2, 0.25) is 0 Å². The largest absolute Gasteiger partial charge is 0.388 e. The van der Waals surface area contributed by atoms with Crippen LogP contribution in [0.15, 0.2) is 35.3 Å². The molecular formula is C24H30N6O4. The Morgan fingerprint density at radius 2 is 1.97 bits per heavy atom. The van der Waals surface area contributed by atoms with Crippen LogP contribution in [0.1, 0.15) is 48.4 Å². The van der Waals surface area contributed by atoms with Gasteiger partial charge in [0, 0.05) is 38.3 Å². The number of anilines is 1. The lowest BCUT2D eigenvalue weighted by atomic mass is 9.75. The molecule has 1 aromatic carbocycles. The third-order valence-electron chi connectivity index (χ3n) is 7.45. The van der Waals surface area contributed by atoms with Crippen LogP contribution in [0.4, 0.5) is 5.82 Å². The van der Waals surface area contributed by atoms with Crippen LogP contribution in [0.2, 0.25) is 0 Å². The van der Waals surface area contributed by atoms with Gasteiger partial charge in [-0.1, -0.05) is 0 Å². The Hall–Kier alpha value is -3.24. The third-order valence-corrected chi connectivity index (χ3v) is 7.45. The average molecular weight is 467 g/mol. The van der Waals surface area contributed by atoms with Crippen LogP contribution < -0.4 is 11.4 Å². The molecule has 2 saturated heterocycles. The Morgan fingerprint density at radius 3 is 2.65 bits per heavy atom. The number of amides is 1. The Morgan fingerprint density at radius 1 is 1.24 bits per heavy atom. The first-order valence-corrected chi connectivity index (χ1v) is 11.5. The van der Waals surface area contributed by atoms with Gasteiger partial charge in [-0.25, -0.2) is 9.78 Å². The maximum absolute atomic E-state index is 13.2. The highest BCUT2D eigenvalue weighted by atomic mass is 16.5. The standard InChI is InChI=1S/C24H30N6O4/c1-15-26-17-12-16(4-5-18(17)28(15)3)21(31)29-10-7-24(8-11-29)14-23(2,33)19(13-34-24)30-9-6-20(25)27-22(30)32/h4-6,9,12,19,33H,7-8,10-11,13-14H2,1-3H3,(H2,25,27,32)/t19-,23-/m1/s1. The van der Waals surface area contributed by atoms with Gasteiger partial charge < -0.3 is 25.0 Å². The molecule has 0 radical (unpaired) electrons. The zero-order valence-corrected chi connectivity index (χ0v) is 19.7. The summed E-state index contributed by atoms with van der Waals surface area (Å²) in [6, 6.07) is 6.60. The second kappa shape index (κ2) is 7.92. The maximum Gasteiger partial charge on any atom is 0.349 e. The van der Waals surface area contributed by atoms with E-state index in [0.717, 1.165) is 16.9 Å². The van der Waals surface area contributed by atoms with E-state index >= 15 is 0 Å². The Labute approximate surface area is 197 Å². The molecule has 34 heavy (non-hydrogen) atoms. The zero-order valence-electron chi connectivity index (χ0n) is 19.7. The van der Waals surface area contributed by atoms with Crippen LogP contribution in [-0.4, -0.2) is 65.9 Å². The Kier molecular flexibility index (Phi) is 5.25. The quantitative estimate of drug-likeness (QED) is 0.584. The smallest absolute Gasteiger partial charge is 0.349 e. The molecule has 0 aliphatic carbocycles. The minimum absolute atomic E-state index is 0.0278. The number of imidazole rings is 1. The fraction of sp³-hybridized carbons (Fsp3) is 0.500. The molecule has 2 aliphatic rings. The van der Waals surface area contributed by atoms with Gasteiger partial charge in [0.25, 0.3) is 5.91 Å². The molecule has 0 bridgehead atoms. The van der Waals surface area contributed by atoms with Gasteiger partial charge in [-0.05, 0) is 51.0 Å². The number of nitrogen functional groups attached to an aromatic ring is 1. The highest BCUT2D eigenvalue weighted by Crippen LogP contribution is 2.43. The van der Waals surface area contributed by atoms with Crippen LogP contribution in [0.5, 0.6) is 0 Å². The van der Waals surface area contributed by atoms with Crippen LogP contribution in [0, 0.1) is 6.92 Å². The molecule has 0 saturated carbocycles. The SMILES string of the molecule is Cc1nc2cc(C(=O)N3CCC4(CC3)C[C@@](C)(O)[C@H](n3ccc(N)nc3=O)CO4)ccc2n1C. The van der Waals surface area contributed by atoms with E-state index in [1.165, 1.54) is 10.6 Å². The van der Waals surface area contributed by atoms with Crippen molar-refractivity contribution in [1.29, 1.82) is 0 Å². The summed E-state index contributed by atoms with van der Waals surface area (Å²) in [4.78, 5) is 35.6. The number of likely N-dealkylation sites (tertiary alicyclic amines) is 1. The molecule has 2 aliphatic heterocycles. The van der Waals surface area contributed by atoms with Gasteiger partial charge in [-0.15, -0.1) is 0 Å². The molecule has 10 nitrogen and oxygen atoms in total. The third kappa shape index (κ3) is 3.76. The van der Waals surface area contributed by atoms with Gasteiger partial charge in [0.15, 0.2) is 0 Å². The number of hydrogen-bond acceptors (Lipinski definition) is 7. The topological polar surface area (TPSA) is 128 Å². The molecule has 180 valence electrons. The number of benzene rings is 1. The van der Waals surface area contributed by atoms with Crippen molar-refractivity contribution < 1.29 is 14.6 Å². The van der Waals surface area contributed by atoms with Gasteiger partial charge >= 0.3 is 5.69 Å². The number of aliphatic hydroxyl groups is 1. The van der Waals surface area contributed by atoms with Crippen LogP contribution in [0.25, 0.3) is 11.0 Å². The molecule has 10 heteroatoms. The molecule has 3 N–H and O–H groups in total. The van der Waals surface area contributed by atoms with E-state index in [9.17, 15) is 14.7 Å². The van der Waals surface area contributed by atoms with E-state index in [2.05, 4.69) is 9.97 Å². The first kappa shape index (κ1) is 22.5. The van der Waals surface area contributed by atoms with Crippen molar-refractivity contribution in [3.05, 3.63) is 52.3 Å². The van der Waals surface area contributed by atoms with Crippen molar-refractivity contribution in [3.63, 3.8) is 0 Å². The lowest BCUT2D eigenvalue weighted by molar-refractivity contribution is -0.195. The Bertz CT molecular complexity index is 1320. The summed E-state index contributed by atoms with van der Waals surface area (Å²) < 4.78 is 9.66. The predicted octanol–water partition coefficient (Wildman–Crippen LogP) is 1.41. The van der Waals surface area contributed by atoms with Crippen LogP contribution in [0.3, 0.4) is 0 Å². The first-order valence-electron chi connectivity index (χ1n) is 11.5. The molecule has 1 amide bonds. The number of aromatic nitrogens is 4. The van der Waals surface area contributed by atoms with E-state index in [1.54, 1.807) is 13.1 Å². The predicted molar refractivity (Wildman–Crippen MR) is 126 cm³/mol. The number of fused-ring (bicyclic) bond motifs is 1. The number of nitrogens with two attached hydrogens (primary N) is 1. The summed E-state index contributed by atoms with van der Waals surface area (Å²) >= 11 is 0. The minimum atomic E-state index is -1.17. The number of nitrogens with zero attached hydrogens (tertiary/aromatic N) is 5. The van der Waals surface area contributed by atoms with E-state index in [4.69, 9.17) is 10.5 Å². The summed E-state index contributed by atoms with van der Waals surface area (Å²) in [5.41, 5.74) is 5.80. The zero-order chi connectivity index (χ0) is 24.3. The molecule has 3 aromatic rings. The number of carbonyl (C=O) groups excluding carboxylic acids is 1. The molecule has 2 aromatic heterocycles. The fourth-order valence-corrected chi connectivity index (χ4v) is 5.37. The fourth-order valence-electron chi connectivity index (χ4n) is 5.37. The van der Waals surface area contributed by atoms with Gasteiger partial charge in [0.05, 0.1) is 34.9 Å². The molecule has 1 spiro atoms. The summed E-state index contributed by atoms with van der Waals surface area (Å²) in [5, 5.41) is 11.3. The van der Waals surface area contributed by atoms with E-state index in [0.29, 0.717) is 37.9 Å². The molecule has 4 heterocycles. The van der Waals surface area contributed by atoms with Crippen LogP contribution in [-0.2, 0) is 11.8 Å². The normalized spacial score (nSPS) is 24.6. The molecular weight excluding hydrogens is 436 g/mol. The molecule has 2 atom stereocenters. The lowest BCUT2D eigenvalue weighted by Crippen LogP contribution is -2.59. The first-order chi connectivity index (χ1) is 16.1. The summed E-state index contributed by atoms with van der Waals surface area (Å²) in [5.74, 6) is 1.01. The Balaban J connectivity index is 1.28. The van der Waals surface area contributed by atoms with Crippen LogP contribution >= 0.6 is 0 Å². The van der Waals surface area contributed by atoms with Gasteiger partial charge in [-0.2, -0.15) is 4.98 Å². The van der Waals surface area contributed by atoms with E-state index in [1.807, 2.05) is 41.6 Å². The number of ether oxygens (including phenoxy) is 1. The van der Waals surface area contributed by atoms with E-state index in [-0.39, 0.29) is 18.3 Å². The summed E-state index contributed by atoms with van der Waals surface area (Å²) in [6.45, 7) is 4.91.